The second-order valence-electron chi connectivity index (χ2n) is 6.29. The molecule has 2 rings (SSSR count). The van der Waals surface area contributed by atoms with Gasteiger partial charge in [-0.05, 0) is 35.9 Å². The van der Waals surface area contributed by atoms with Crippen LogP contribution in [-0.4, -0.2) is 25.8 Å². The molecule has 0 bridgehead atoms. The molecule has 0 N–H and O–H groups in total. The number of Topliss-reactive ketones (excluding diaryl/α,β-unsaturated/α-hetero) is 1. The van der Waals surface area contributed by atoms with Gasteiger partial charge in [0.15, 0.2) is 5.78 Å². The average molecular weight is 394 g/mol. The summed E-state index contributed by atoms with van der Waals surface area (Å²) in [7, 11) is 3.21. The first-order valence-corrected chi connectivity index (χ1v) is 8.93. The number of ketones is 1. The van der Waals surface area contributed by atoms with Crippen molar-refractivity contribution in [3.8, 4) is 5.75 Å². The van der Waals surface area contributed by atoms with Crippen LogP contribution in [0.15, 0.2) is 36.4 Å². The highest BCUT2D eigenvalue weighted by atomic mass is 35.5. The third-order valence-corrected chi connectivity index (χ3v) is 4.77. The van der Waals surface area contributed by atoms with Crippen molar-refractivity contribution in [1.82, 2.24) is 0 Å². The first-order valence-electron chi connectivity index (χ1n) is 8.17. The maximum atomic E-state index is 12.7. The van der Waals surface area contributed by atoms with Gasteiger partial charge in [0.2, 0.25) is 5.91 Å². The minimum absolute atomic E-state index is 0.0580. The Labute approximate surface area is 163 Å². The molecule has 0 saturated carbocycles. The molecule has 0 atom stereocenters. The summed E-state index contributed by atoms with van der Waals surface area (Å²) in [6, 6.07) is 10.2. The van der Waals surface area contributed by atoms with Crippen LogP contribution >= 0.6 is 23.2 Å². The van der Waals surface area contributed by atoms with Crippen LogP contribution in [-0.2, 0) is 11.2 Å². The van der Waals surface area contributed by atoms with Gasteiger partial charge in [-0.2, -0.15) is 0 Å². The van der Waals surface area contributed by atoms with Crippen LogP contribution in [0, 0.1) is 5.92 Å². The molecule has 2 aromatic carbocycles. The van der Waals surface area contributed by atoms with Crippen molar-refractivity contribution >= 4 is 40.6 Å². The first-order chi connectivity index (χ1) is 12.2. The van der Waals surface area contributed by atoms with Crippen LogP contribution in [0.4, 0.5) is 5.69 Å². The fraction of sp³-hybridized carbons (Fsp3) is 0.300. The number of nitrogens with zero attached hydrogens (tertiary/aromatic N) is 1. The number of halogens is 2. The van der Waals surface area contributed by atoms with E-state index in [1.54, 1.807) is 43.4 Å². The van der Waals surface area contributed by atoms with Gasteiger partial charge in [0, 0.05) is 24.9 Å². The molecule has 2 aromatic rings. The lowest BCUT2D eigenvalue weighted by molar-refractivity contribution is -0.121. The van der Waals surface area contributed by atoms with Crippen molar-refractivity contribution in [1.29, 1.82) is 0 Å². The van der Waals surface area contributed by atoms with Crippen molar-refractivity contribution in [3.63, 3.8) is 0 Å². The van der Waals surface area contributed by atoms with Gasteiger partial charge in [-0.1, -0.05) is 43.1 Å². The number of hydrogen-bond donors (Lipinski definition) is 0. The van der Waals surface area contributed by atoms with Gasteiger partial charge < -0.3 is 9.64 Å². The van der Waals surface area contributed by atoms with E-state index in [-0.39, 0.29) is 24.0 Å². The second kappa shape index (κ2) is 8.56. The lowest BCUT2D eigenvalue weighted by atomic mass is 10.0. The van der Waals surface area contributed by atoms with Crippen molar-refractivity contribution in [2.75, 3.05) is 19.1 Å². The number of carbonyl (C=O) groups is 2. The lowest BCUT2D eigenvalue weighted by Crippen LogP contribution is -2.30. The van der Waals surface area contributed by atoms with Crippen LogP contribution in [0.5, 0.6) is 5.75 Å². The van der Waals surface area contributed by atoms with Crippen molar-refractivity contribution < 1.29 is 14.3 Å². The van der Waals surface area contributed by atoms with E-state index in [1.165, 1.54) is 12.0 Å². The Hall–Kier alpha value is -2.04. The fourth-order valence-corrected chi connectivity index (χ4v) is 2.89. The molecule has 1 amide bonds. The Morgan fingerprint density at radius 3 is 2.35 bits per heavy atom. The van der Waals surface area contributed by atoms with Crippen LogP contribution in [0.1, 0.15) is 29.8 Å². The molecule has 0 heterocycles. The van der Waals surface area contributed by atoms with E-state index >= 15 is 0 Å². The molecule has 0 aromatic heterocycles. The molecule has 0 radical (unpaired) electrons. The highest BCUT2D eigenvalue weighted by Crippen LogP contribution is 2.30. The molecule has 0 spiro atoms. The van der Waals surface area contributed by atoms with Crippen LogP contribution in [0.25, 0.3) is 0 Å². The molecule has 4 nitrogen and oxygen atoms in total. The number of ether oxygens (including phenoxy) is 1. The monoisotopic (exact) mass is 393 g/mol. The largest absolute Gasteiger partial charge is 0.495 e. The average Bonchev–Trinajstić information content (AvgIpc) is 2.62. The molecular formula is C20H21Cl2NO3. The number of hydrogen-bond acceptors (Lipinski definition) is 3. The highest BCUT2D eigenvalue weighted by molar-refractivity contribution is 6.42. The summed E-state index contributed by atoms with van der Waals surface area (Å²) in [4.78, 5) is 26.5. The third kappa shape index (κ3) is 4.57. The predicted octanol–water partition coefficient (Wildman–Crippen LogP) is 5.05. The summed E-state index contributed by atoms with van der Waals surface area (Å²) >= 11 is 11.9. The van der Waals surface area contributed by atoms with E-state index < -0.39 is 0 Å². The molecule has 26 heavy (non-hydrogen) atoms. The molecule has 0 aliphatic heterocycles. The van der Waals surface area contributed by atoms with E-state index in [1.807, 2.05) is 13.8 Å². The minimum atomic E-state index is -0.166. The summed E-state index contributed by atoms with van der Waals surface area (Å²) < 4.78 is 5.34. The smallest absolute Gasteiger partial charge is 0.229 e. The van der Waals surface area contributed by atoms with E-state index in [0.29, 0.717) is 27.0 Å². The molecule has 138 valence electrons. The molecular weight excluding hydrogens is 373 g/mol. The standard InChI is InChI=1S/C20H21Cl2NO3/c1-12(2)20(25)23(3)17-11-14(6-8-19(17)26-4)18(24)10-13-5-7-15(21)16(22)9-13/h5-9,11-12H,10H2,1-4H3. The van der Waals surface area contributed by atoms with Gasteiger partial charge in [0.25, 0.3) is 0 Å². The first kappa shape index (κ1) is 20.3. The zero-order valence-corrected chi connectivity index (χ0v) is 16.7. The Morgan fingerprint density at radius 2 is 1.77 bits per heavy atom. The molecule has 0 aliphatic carbocycles. The van der Waals surface area contributed by atoms with E-state index in [4.69, 9.17) is 27.9 Å². The Bertz CT molecular complexity index is 834. The molecule has 0 aliphatic rings. The molecule has 6 heteroatoms. The number of anilines is 1. The van der Waals surface area contributed by atoms with Gasteiger partial charge in [0.1, 0.15) is 5.75 Å². The SMILES string of the molecule is COc1ccc(C(=O)Cc2ccc(Cl)c(Cl)c2)cc1N(C)C(=O)C(C)C. The molecule has 0 fully saturated rings. The Kier molecular flexibility index (Phi) is 6.68. The van der Waals surface area contributed by atoms with Gasteiger partial charge in [0.05, 0.1) is 22.8 Å². The minimum Gasteiger partial charge on any atom is -0.495 e. The summed E-state index contributed by atoms with van der Waals surface area (Å²) in [6.07, 6.45) is 0.185. The van der Waals surface area contributed by atoms with Crippen LogP contribution in [0.2, 0.25) is 10.0 Å². The summed E-state index contributed by atoms with van der Waals surface area (Å²) in [5.74, 6) is 0.225. The van der Waals surface area contributed by atoms with Gasteiger partial charge in [-0.3, -0.25) is 9.59 Å². The Morgan fingerprint density at radius 1 is 1.08 bits per heavy atom. The topological polar surface area (TPSA) is 46.6 Å². The summed E-state index contributed by atoms with van der Waals surface area (Å²) in [6.45, 7) is 3.65. The van der Waals surface area contributed by atoms with E-state index in [2.05, 4.69) is 0 Å². The summed E-state index contributed by atoms with van der Waals surface area (Å²) in [5, 5.41) is 0.859. The zero-order valence-electron chi connectivity index (χ0n) is 15.2. The van der Waals surface area contributed by atoms with Crippen molar-refractivity contribution in [2.45, 2.75) is 20.3 Å². The quantitative estimate of drug-likeness (QED) is 0.645. The van der Waals surface area contributed by atoms with E-state index in [0.717, 1.165) is 5.56 Å². The predicted molar refractivity (Wildman–Crippen MR) is 106 cm³/mol. The number of rotatable bonds is 6. The van der Waals surface area contributed by atoms with Crippen molar-refractivity contribution in [2.24, 2.45) is 5.92 Å². The third-order valence-electron chi connectivity index (χ3n) is 4.04. The van der Waals surface area contributed by atoms with E-state index in [9.17, 15) is 9.59 Å². The highest BCUT2D eigenvalue weighted by Gasteiger charge is 2.20. The zero-order chi connectivity index (χ0) is 19.4. The van der Waals surface area contributed by atoms with Gasteiger partial charge in [-0.15, -0.1) is 0 Å². The Balaban J connectivity index is 2.31. The normalized spacial score (nSPS) is 10.7. The van der Waals surface area contributed by atoms with Crippen LogP contribution in [0.3, 0.4) is 0 Å². The van der Waals surface area contributed by atoms with Crippen LogP contribution < -0.4 is 9.64 Å². The maximum absolute atomic E-state index is 12.7. The maximum Gasteiger partial charge on any atom is 0.229 e. The van der Waals surface area contributed by atoms with Crippen molar-refractivity contribution in [3.05, 3.63) is 57.6 Å². The van der Waals surface area contributed by atoms with Gasteiger partial charge >= 0.3 is 0 Å². The molecule has 0 unspecified atom stereocenters. The lowest BCUT2D eigenvalue weighted by Gasteiger charge is -2.22. The number of benzene rings is 2. The van der Waals surface area contributed by atoms with Gasteiger partial charge in [-0.25, -0.2) is 0 Å². The molecule has 0 saturated heterocycles. The summed E-state index contributed by atoms with van der Waals surface area (Å²) in [5.41, 5.74) is 1.83. The fourth-order valence-electron chi connectivity index (χ4n) is 2.57. The number of methoxy groups -OCH3 is 1. The second-order valence-corrected chi connectivity index (χ2v) is 7.10. The number of amides is 1. The number of carbonyl (C=O) groups excluding carboxylic acids is 2.